The molecule has 3 fully saturated rings. The summed E-state index contributed by atoms with van der Waals surface area (Å²) in [4.78, 5) is 68.4. The van der Waals surface area contributed by atoms with E-state index in [4.69, 9.17) is 0 Å². The highest BCUT2D eigenvalue weighted by molar-refractivity contribution is 5.95. The highest BCUT2D eigenvalue weighted by Crippen LogP contribution is 2.27. The molecule has 0 aromatic rings. The second-order valence-corrected chi connectivity index (χ2v) is 18.4. The summed E-state index contributed by atoms with van der Waals surface area (Å²) in [6.45, 7) is 16.7. The summed E-state index contributed by atoms with van der Waals surface area (Å²) in [6, 6.07) is -2.27. The molecule has 3 aliphatic rings. The summed E-state index contributed by atoms with van der Waals surface area (Å²) in [7, 11) is 0. The van der Waals surface area contributed by atoms with E-state index < -0.39 is 18.1 Å². The molecule has 4 unspecified atom stereocenters. The Morgan fingerprint density at radius 2 is 0.984 bits per heavy atom. The molecule has 10 heteroatoms. The van der Waals surface area contributed by atoms with Crippen molar-refractivity contribution in [2.45, 2.75) is 264 Å². The van der Waals surface area contributed by atoms with E-state index in [1.165, 1.54) is 148 Å². The molecule has 4 amide bonds. The number of carbonyl (C=O) groups excluding carboxylic acids is 5. The summed E-state index contributed by atoms with van der Waals surface area (Å²) in [6.07, 6.45) is 38.6. The van der Waals surface area contributed by atoms with Crippen molar-refractivity contribution in [1.29, 1.82) is 0 Å². The van der Waals surface area contributed by atoms with Gasteiger partial charge in [0.05, 0.1) is 6.04 Å². The van der Waals surface area contributed by atoms with Crippen LogP contribution in [0.1, 0.15) is 240 Å². The van der Waals surface area contributed by atoms with Gasteiger partial charge in [-0.3, -0.25) is 19.2 Å². The standard InChI is InChI=1S/C35H61N5O5.C15H32.C2H4/c1-3-4-5-6-7-8-9-10-11-12-13-14-23-37-32(42)28(22-21-27(2)41)38-33(43)30-19-16-25-39(30)35(45)31-20-17-26-40(31)34(44)29-18-15-24-36-29;1-3-5-7-9-11-13-15-14-12-10-8-6-4-2;1-2/h28-31,36H,3-26H2,1-2H3,(H,37,42)(H,38,43);3-15H2,1-2H3;1-2H2. The van der Waals surface area contributed by atoms with Crippen LogP contribution in [-0.2, 0) is 24.0 Å². The molecule has 0 bridgehead atoms. The Morgan fingerprint density at radius 3 is 1.40 bits per heavy atom. The largest absolute Gasteiger partial charge is 0.354 e. The first-order chi connectivity index (χ1) is 30.2. The lowest BCUT2D eigenvalue weighted by molar-refractivity contribution is -0.147. The lowest BCUT2D eigenvalue weighted by Gasteiger charge is -2.32. The zero-order valence-electron chi connectivity index (χ0n) is 40.8. The number of hydrogen-bond donors (Lipinski definition) is 3. The maximum Gasteiger partial charge on any atom is 0.246 e. The minimum Gasteiger partial charge on any atom is -0.354 e. The van der Waals surface area contributed by atoms with Gasteiger partial charge >= 0.3 is 0 Å². The third-order valence-corrected chi connectivity index (χ3v) is 13.0. The molecule has 3 saturated heterocycles. The van der Waals surface area contributed by atoms with E-state index in [9.17, 15) is 24.0 Å². The van der Waals surface area contributed by atoms with Crippen LogP contribution in [-0.4, -0.2) is 89.6 Å². The molecule has 3 heterocycles. The first-order valence-electron chi connectivity index (χ1n) is 26.2. The van der Waals surface area contributed by atoms with Gasteiger partial charge in [-0.25, -0.2) is 0 Å². The van der Waals surface area contributed by atoms with Crippen LogP contribution in [0.25, 0.3) is 0 Å². The first-order valence-corrected chi connectivity index (χ1v) is 26.2. The van der Waals surface area contributed by atoms with Crippen LogP contribution in [0.3, 0.4) is 0 Å². The summed E-state index contributed by atoms with van der Waals surface area (Å²) >= 11 is 0. The SMILES string of the molecule is C=C.CCCCCCCCCCCCCCC.CCCCCCCCCCCCCCNC(=O)C(CCC(C)=O)NC(=O)C1CCCN1C(=O)C1CCCN1C(=O)C1CCCN1. The van der Waals surface area contributed by atoms with Crippen molar-refractivity contribution in [3.05, 3.63) is 13.2 Å². The molecular formula is C52H97N5O5. The Labute approximate surface area is 381 Å². The third kappa shape index (κ3) is 25.5. The zero-order valence-corrected chi connectivity index (χ0v) is 40.8. The van der Waals surface area contributed by atoms with Gasteiger partial charge in [0, 0.05) is 26.1 Å². The fourth-order valence-corrected chi connectivity index (χ4v) is 9.15. The van der Waals surface area contributed by atoms with Crippen LogP contribution < -0.4 is 16.0 Å². The molecule has 0 aromatic carbocycles. The average Bonchev–Trinajstić information content (AvgIpc) is 4.10. The molecule has 0 radical (unpaired) electrons. The fraction of sp³-hybridized carbons (Fsp3) is 0.865. The third-order valence-electron chi connectivity index (χ3n) is 13.0. The molecular weight excluding hydrogens is 775 g/mol. The van der Waals surface area contributed by atoms with Gasteiger partial charge in [0.1, 0.15) is 23.9 Å². The summed E-state index contributed by atoms with van der Waals surface area (Å²) in [5, 5.41) is 9.08. The van der Waals surface area contributed by atoms with Crippen LogP contribution >= 0.6 is 0 Å². The van der Waals surface area contributed by atoms with Crippen molar-refractivity contribution in [2.24, 2.45) is 0 Å². The van der Waals surface area contributed by atoms with E-state index in [1.807, 2.05) is 0 Å². The Kier molecular flexibility index (Phi) is 35.7. The van der Waals surface area contributed by atoms with Crippen molar-refractivity contribution in [2.75, 3.05) is 26.2 Å². The number of Topliss-reactive ketones (excluding diaryl/α,β-unsaturated/α-hetero) is 1. The van der Waals surface area contributed by atoms with Crippen molar-refractivity contribution >= 4 is 29.4 Å². The molecule has 0 spiro atoms. The summed E-state index contributed by atoms with van der Waals surface area (Å²) in [5.74, 6) is -0.863. The number of nitrogens with one attached hydrogen (secondary N) is 3. The molecule has 360 valence electrons. The van der Waals surface area contributed by atoms with Gasteiger partial charge in [0.2, 0.25) is 23.6 Å². The molecule has 0 aromatic heterocycles. The monoisotopic (exact) mass is 872 g/mol. The normalized spacial score (nSPS) is 18.7. The summed E-state index contributed by atoms with van der Waals surface area (Å²) in [5.41, 5.74) is 0. The van der Waals surface area contributed by atoms with Gasteiger partial charge in [-0.2, -0.15) is 0 Å². The number of unbranched alkanes of at least 4 members (excludes halogenated alkanes) is 23. The van der Waals surface area contributed by atoms with Crippen LogP contribution in [0.4, 0.5) is 0 Å². The van der Waals surface area contributed by atoms with Gasteiger partial charge in [-0.15, -0.1) is 13.2 Å². The van der Waals surface area contributed by atoms with E-state index >= 15 is 0 Å². The Hall–Kier alpha value is -2.75. The number of amides is 4. The van der Waals surface area contributed by atoms with Gasteiger partial charge in [0.25, 0.3) is 0 Å². The van der Waals surface area contributed by atoms with E-state index in [1.54, 1.807) is 9.80 Å². The molecule has 0 saturated carbocycles. The Balaban J connectivity index is 0.000000955. The van der Waals surface area contributed by atoms with Crippen LogP contribution in [0.15, 0.2) is 13.2 Å². The van der Waals surface area contributed by atoms with E-state index in [2.05, 4.69) is 49.9 Å². The topological polar surface area (TPSA) is 128 Å². The molecule has 62 heavy (non-hydrogen) atoms. The number of rotatable bonds is 33. The zero-order chi connectivity index (χ0) is 45.6. The molecule has 10 nitrogen and oxygen atoms in total. The van der Waals surface area contributed by atoms with Crippen LogP contribution in [0.5, 0.6) is 0 Å². The highest BCUT2D eigenvalue weighted by atomic mass is 16.2. The van der Waals surface area contributed by atoms with E-state index in [0.717, 1.165) is 45.1 Å². The number of likely N-dealkylation sites (tertiary alicyclic amines) is 2. The van der Waals surface area contributed by atoms with Gasteiger partial charge in [0.15, 0.2) is 0 Å². The predicted octanol–water partition coefficient (Wildman–Crippen LogP) is 11.3. The highest BCUT2D eigenvalue weighted by Gasteiger charge is 2.44. The molecule has 3 aliphatic heterocycles. The van der Waals surface area contributed by atoms with Gasteiger partial charge < -0.3 is 30.5 Å². The van der Waals surface area contributed by atoms with E-state index in [-0.39, 0.29) is 48.3 Å². The second kappa shape index (κ2) is 38.7. The van der Waals surface area contributed by atoms with Crippen LogP contribution in [0, 0.1) is 0 Å². The smallest absolute Gasteiger partial charge is 0.246 e. The number of carbonyl (C=O) groups is 5. The van der Waals surface area contributed by atoms with Gasteiger partial charge in [-0.1, -0.05) is 175 Å². The second-order valence-electron chi connectivity index (χ2n) is 18.4. The summed E-state index contributed by atoms with van der Waals surface area (Å²) < 4.78 is 0. The number of nitrogens with zero attached hydrogens (tertiary/aromatic N) is 2. The number of ketones is 1. The van der Waals surface area contributed by atoms with Crippen molar-refractivity contribution in [3.63, 3.8) is 0 Å². The molecule has 3 N–H and O–H groups in total. The van der Waals surface area contributed by atoms with Gasteiger partial charge in [-0.05, 0) is 64.8 Å². The van der Waals surface area contributed by atoms with Crippen molar-refractivity contribution in [3.8, 4) is 0 Å². The first kappa shape index (κ1) is 57.3. The molecule has 0 aliphatic carbocycles. The minimum atomic E-state index is -0.825. The van der Waals surface area contributed by atoms with E-state index in [0.29, 0.717) is 38.9 Å². The predicted molar refractivity (Wildman–Crippen MR) is 259 cm³/mol. The van der Waals surface area contributed by atoms with Crippen molar-refractivity contribution < 1.29 is 24.0 Å². The Morgan fingerprint density at radius 1 is 0.565 bits per heavy atom. The lowest BCUT2D eigenvalue weighted by Crippen LogP contribution is -2.57. The maximum absolute atomic E-state index is 13.7. The molecule has 3 rings (SSSR count). The number of hydrogen-bond acceptors (Lipinski definition) is 6. The minimum absolute atomic E-state index is 0.0160. The van der Waals surface area contributed by atoms with Crippen LogP contribution in [0.2, 0.25) is 0 Å². The maximum atomic E-state index is 13.7. The van der Waals surface area contributed by atoms with Crippen molar-refractivity contribution in [1.82, 2.24) is 25.8 Å². The quantitative estimate of drug-likeness (QED) is 0.0445. The fourth-order valence-electron chi connectivity index (χ4n) is 9.15. The average molecular weight is 872 g/mol. The Bertz CT molecular complexity index is 1160. The lowest BCUT2D eigenvalue weighted by atomic mass is 10.1. The molecule has 4 atom stereocenters.